The van der Waals surface area contributed by atoms with Crippen LogP contribution in [0, 0.1) is 0 Å². The lowest BCUT2D eigenvalue weighted by molar-refractivity contribution is -0.134. The fourth-order valence-corrected chi connectivity index (χ4v) is 4.98. The minimum absolute atomic E-state index is 0.0446. The number of aromatic nitrogens is 2. The van der Waals surface area contributed by atoms with Gasteiger partial charge in [0.1, 0.15) is 5.82 Å². The second kappa shape index (κ2) is 11.2. The molecule has 1 aromatic heterocycles. The van der Waals surface area contributed by atoms with Gasteiger partial charge in [-0.05, 0) is 52.2 Å². The Bertz CT molecular complexity index is 983. The van der Waals surface area contributed by atoms with Gasteiger partial charge in [-0.2, -0.15) is 0 Å². The summed E-state index contributed by atoms with van der Waals surface area (Å²) < 4.78 is 7.49. The third-order valence-corrected chi connectivity index (χ3v) is 6.47. The summed E-state index contributed by atoms with van der Waals surface area (Å²) in [6.45, 7) is 7.50. The van der Waals surface area contributed by atoms with E-state index in [-0.39, 0.29) is 18.2 Å². The van der Waals surface area contributed by atoms with Crippen LogP contribution in [0.2, 0.25) is 0 Å². The molecule has 0 unspecified atom stereocenters. The Hall–Kier alpha value is -2.65. The summed E-state index contributed by atoms with van der Waals surface area (Å²) in [4.78, 5) is 33.0. The molecular formula is C25H38N4O5. The van der Waals surface area contributed by atoms with Crippen molar-refractivity contribution in [2.75, 3.05) is 33.4 Å². The fraction of sp³-hybridized carbons (Fsp3) is 0.640. The molecule has 9 nitrogen and oxygen atoms in total. The number of methoxy groups -OCH3 is 1. The van der Waals surface area contributed by atoms with Gasteiger partial charge in [0.05, 0.1) is 23.7 Å². The topological polar surface area (TPSA) is 108 Å². The molecule has 1 saturated heterocycles. The zero-order valence-corrected chi connectivity index (χ0v) is 20.7. The van der Waals surface area contributed by atoms with Gasteiger partial charge in [0.15, 0.2) is 0 Å². The highest BCUT2D eigenvalue weighted by atomic mass is 16.5. The summed E-state index contributed by atoms with van der Waals surface area (Å²) in [5.41, 5.74) is 1.30. The molecular weight excluding hydrogens is 436 g/mol. The van der Waals surface area contributed by atoms with Crippen LogP contribution < -0.4 is 0 Å². The first-order chi connectivity index (χ1) is 16.2. The van der Waals surface area contributed by atoms with E-state index >= 15 is 0 Å². The van der Waals surface area contributed by atoms with Crippen molar-refractivity contribution in [3.05, 3.63) is 30.1 Å². The summed E-state index contributed by atoms with van der Waals surface area (Å²) in [7, 11) is 1.70. The molecule has 0 radical (unpaired) electrons. The number of benzene rings is 1. The van der Waals surface area contributed by atoms with Gasteiger partial charge < -0.3 is 24.4 Å². The van der Waals surface area contributed by atoms with Crippen LogP contribution >= 0.6 is 0 Å². The number of piperidine rings is 1. The maximum absolute atomic E-state index is 13.2. The number of likely N-dealkylation sites (tertiary alicyclic amines) is 1. The zero-order chi connectivity index (χ0) is 24.9. The molecule has 0 aliphatic carbocycles. The fourth-order valence-electron chi connectivity index (χ4n) is 4.98. The van der Waals surface area contributed by atoms with E-state index < -0.39 is 24.3 Å². The predicted octanol–water partition coefficient (Wildman–Crippen LogP) is 3.31. The van der Waals surface area contributed by atoms with E-state index in [1.54, 1.807) is 32.8 Å². The normalized spacial score (nSPS) is 17.7. The molecule has 34 heavy (non-hydrogen) atoms. The number of carbonyl (C=O) groups is 2. The summed E-state index contributed by atoms with van der Waals surface area (Å²) >= 11 is 0. The number of rotatable bonds is 9. The van der Waals surface area contributed by atoms with Crippen LogP contribution in [0.25, 0.3) is 11.0 Å². The first-order valence-electron chi connectivity index (χ1n) is 12.0. The number of amides is 2. The van der Waals surface area contributed by atoms with Gasteiger partial charge in [-0.15, -0.1) is 0 Å². The van der Waals surface area contributed by atoms with Crippen molar-refractivity contribution in [2.45, 2.75) is 70.5 Å². The molecule has 1 aliphatic heterocycles. The number of fused-ring (bicyclic) bond motifs is 1. The molecule has 9 heteroatoms. The van der Waals surface area contributed by atoms with E-state index in [2.05, 4.69) is 10.6 Å². The van der Waals surface area contributed by atoms with Crippen LogP contribution in [0.4, 0.5) is 4.79 Å². The van der Waals surface area contributed by atoms with Gasteiger partial charge in [0, 0.05) is 51.2 Å². The first-order valence-corrected chi connectivity index (χ1v) is 12.0. The molecule has 0 spiro atoms. The van der Waals surface area contributed by atoms with Crippen LogP contribution in [0.3, 0.4) is 0 Å². The predicted molar refractivity (Wildman–Crippen MR) is 130 cm³/mol. The molecule has 3 rings (SSSR count). The first kappa shape index (κ1) is 26.0. The van der Waals surface area contributed by atoms with Crippen LogP contribution in [-0.2, 0) is 16.1 Å². The number of para-hydroxylation sites is 2. The summed E-state index contributed by atoms with van der Waals surface area (Å²) in [5.74, 6) is 0.940. The van der Waals surface area contributed by atoms with Crippen molar-refractivity contribution in [2.24, 2.45) is 0 Å². The summed E-state index contributed by atoms with van der Waals surface area (Å²) in [6, 6.07) is 7.28. The molecule has 2 aromatic rings. The number of aliphatic hydroxyl groups is 1. The Balaban J connectivity index is 1.78. The highest BCUT2D eigenvalue weighted by molar-refractivity contribution is 5.78. The average Bonchev–Trinajstić information content (AvgIpc) is 3.16. The van der Waals surface area contributed by atoms with Gasteiger partial charge in [0.2, 0.25) is 5.91 Å². The van der Waals surface area contributed by atoms with Crippen molar-refractivity contribution in [3.8, 4) is 0 Å². The summed E-state index contributed by atoms with van der Waals surface area (Å²) in [6.07, 6.45) is 1.47. The van der Waals surface area contributed by atoms with Crippen LogP contribution in [0.15, 0.2) is 24.3 Å². The van der Waals surface area contributed by atoms with Crippen LogP contribution in [0.1, 0.15) is 58.2 Å². The third kappa shape index (κ3) is 5.88. The van der Waals surface area contributed by atoms with Crippen molar-refractivity contribution >= 4 is 23.0 Å². The van der Waals surface area contributed by atoms with Gasteiger partial charge in [0.25, 0.3) is 0 Å². The third-order valence-electron chi connectivity index (χ3n) is 6.47. The van der Waals surface area contributed by atoms with E-state index in [0.717, 1.165) is 42.7 Å². The van der Waals surface area contributed by atoms with Crippen molar-refractivity contribution < 1.29 is 24.5 Å². The second-order valence-corrected chi connectivity index (χ2v) is 10.00. The number of ether oxygens (including phenoxy) is 1. The maximum Gasteiger partial charge on any atom is 0.408 e. The van der Waals surface area contributed by atoms with E-state index in [1.165, 1.54) is 4.90 Å². The smallest absolute Gasteiger partial charge is 0.408 e. The van der Waals surface area contributed by atoms with Gasteiger partial charge in [-0.1, -0.05) is 12.1 Å². The van der Waals surface area contributed by atoms with Crippen molar-refractivity contribution in [1.82, 2.24) is 19.4 Å². The lowest BCUT2D eigenvalue weighted by Gasteiger charge is -2.40. The highest BCUT2D eigenvalue weighted by Gasteiger charge is 2.36. The minimum atomic E-state index is -1.14. The Kier molecular flexibility index (Phi) is 8.54. The number of hydrogen-bond acceptors (Lipinski definition) is 5. The Morgan fingerprint density at radius 1 is 1.29 bits per heavy atom. The molecule has 1 aromatic carbocycles. The molecule has 0 bridgehead atoms. The Morgan fingerprint density at radius 2 is 2.03 bits per heavy atom. The molecule has 2 N–H and O–H groups in total. The number of aryl methyl sites for hydroxylation is 1. The number of carbonyl (C=O) groups excluding carboxylic acids is 1. The van der Waals surface area contributed by atoms with Crippen LogP contribution in [-0.4, -0.2) is 86.6 Å². The molecule has 1 fully saturated rings. The lowest BCUT2D eigenvalue weighted by atomic mass is 9.96. The van der Waals surface area contributed by atoms with E-state index in [0.29, 0.717) is 19.7 Å². The number of carboxylic acid groups (broad SMARTS) is 1. The average molecular weight is 475 g/mol. The quantitative estimate of drug-likeness (QED) is 0.540. The van der Waals surface area contributed by atoms with Gasteiger partial charge in [-0.3, -0.25) is 9.69 Å². The van der Waals surface area contributed by atoms with E-state index in [4.69, 9.17) is 9.72 Å². The number of imidazole rings is 1. The largest absolute Gasteiger partial charge is 0.465 e. The monoisotopic (exact) mass is 474 g/mol. The number of aliphatic hydroxyl groups excluding tert-OH is 1. The molecule has 188 valence electrons. The maximum atomic E-state index is 13.2. The second-order valence-electron chi connectivity index (χ2n) is 10.00. The van der Waals surface area contributed by atoms with Crippen molar-refractivity contribution in [3.63, 3.8) is 0 Å². The van der Waals surface area contributed by atoms with Gasteiger partial charge in [-0.25, -0.2) is 9.78 Å². The standard InChI is InChI=1S/C25H38N4O5/c1-25(2,3)29(24(32)33)19(17-30)15-22(31)27-12-7-9-18(16-27)23-26-20-10-5-6-11-21(20)28(23)13-8-14-34-4/h5-6,10-11,18-19,30H,7-9,12-17H2,1-4H3,(H,32,33)/t18-,19+/m1/s1. The van der Waals surface area contributed by atoms with Gasteiger partial charge >= 0.3 is 6.09 Å². The molecule has 2 heterocycles. The Morgan fingerprint density at radius 3 is 2.68 bits per heavy atom. The number of nitrogens with zero attached hydrogens (tertiary/aromatic N) is 4. The molecule has 2 atom stereocenters. The zero-order valence-electron chi connectivity index (χ0n) is 20.7. The molecule has 2 amide bonds. The lowest BCUT2D eigenvalue weighted by Crippen LogP contribution is -2.54. The molecule has 1 aliphatic rings. The highest BCUT2D eigenvalue weighted by Crippen LogP contribution is 2.30. The van der Waals surface area contributed by atoms with E-state index in [9.17, 15) is 19.8 Å². The summed E-state index contributed by atoms with van der Waals surface area (Å²) in [5, 5.41) is 19.6. The minimum Gasteiger partial charge on any atom is -0.465 e. The van der Waals surface area contributed by atoms with E-state index in [1.807, 2.05) is 18.2 Å². The number of hydrogen-bond donors (Lipinski definition) is 2. The SMILES string of the molecule is COCCCn1c([C@@H]2CCCN(C(=O)C[C@@H](CO)N(C(=O)O)C(C)(C)C)C2)nc2ccccc21. The van der Waals surface area contributed by atoms with Crippen molar-refractivity contribution in [1.29, 1.82) is 0 Å². The Labute approximate surface area is 201 Å². The molecule has 0 saturated carbocycles. The van der Waals surface area contributed by atoms with Crippen LogP contribution in [0.5, 0.6) is 0 Å².